The zero-order valence-electron chi connectivity index (χ0n) is 4.77. The van der Waals surface area contributed by atoms with Crippen LogP contribution in [0.2, 0.25) is 0 Å². The molecule has 0 atom stereocenters. The second-order valence-electron chi connectivity index (χ2n) is 1.09. The van der Waals surface area contributed by atoms with Crippen LogP contribution in [0.3, 0.4) is 0 Å². The first-order valence-corrected chi connectivity index (χ1v) is 2.97. The topological polar surface area (TPSA) is 94.8 Å². The highest BCUT2D eigenvalue weighted by molar-refractivity contribution is 7.73. The van der Waals surface area contributed by atoms with Gasteiger partial charge in [-0.3, -0.25) is 13.9 Å². The van der Waals surface area contributed by atoms with E-state index in [0.29, 0.717) is 0 Å². The number of aliphatic hydroxyl groups excluding tert-OH is 1. The van der Waals surface area contributed by atoms with Gasteiger partial charge in [0, 0.05) is 0 Å². The first-order valence-electron chi connectivity index (χ1n) is 1.91. The van der Waals surface area contributed by atoms with Crippen LogP contribution in [0.4, 0.5) is 0 Å². The van der Waals surface area contributed by atoms with E-state index in [9.17, 15) is 4.79 Å². The quantitative estimate of drug-likeness (QED) is 0.434. The van der Waals surface area contributed by atoms with E-state index in [2.05, 4.69) is 0 Å². The predicted octanol–water partition coefficient (Wildman–Crippen LogP) is -0.751. The van der Waals surface area contributed by atoms with Gasteiger partial charge in [0.25, 0.3) is 11.4 Å². The molecule has 0 bridgehead atoms. The first-order chi connectivity index (χ1) is 4.00. The number of ketones is 1. The summed E-state index contributed by atoms with van der Waals surface area (Å²) in [6.07, 6.45) is 0. The van der Waals surface area contributed by atoms with Gasteiger partial charge in [-0.2, -0.15) is 4.21 Å². The van der Waals surface area contributed by atoms with Crippen LogP contribution in [0, 0.1) is 0 Å². The molecule has 0 amide bonds. The maximum Gasteiger partial charge on any atom is 0.299 e. The summed E-state index contributed by atoms with van der Waals surface area (Å²) in [5.41, 5.74) is 0. The van der Waals surface area contributed by atoms with Gasteiger partial charge in [0.15, 0.2) is 5.78 Å². The number of carbonyl (C=O) groups is 1. The van der Waals surface area contributed by atoms with E-state index in [4.69, 9.17) is 18.4 Å². The van der Waals surface area contributed by atoms with Crippen LogP contribution in [-0.2, 0) is 16.2 Å². The van der Waals surface area contributed by atoms with E-state index in [1.54, 1.807) is 0 Å². The van der Waals surface area contributed by atoms with Gasteiger partial charge in [0.2, 0.25) is 0 Å². The maximum absolute atomic E-state index is 9.56. The monoisotopic (exact) mass is 156 g/mol. The molecule has 5 nitrogen and oxygen atoms in total. The molecule has 0 rings (SSSR count). The summed E-state index contributed by atoms with van der Waals surface area (Å²) in [4.78, 5) is 9.56. The lowest BCUT2D eigenvalue weighted by atomic mass is 10.5. The molecule has 0 aliphatic heterocycles. The highest BCUT2D eigenvalue weighted by Gasteiger charge is 1.78. The lowest BCUT2D eigenvalue weighted by Crippen LogP contribution is -1.93. The van der Waals surface area contributed by atoms with Crippen molar-refractivity contribution in [2.24, 2.45) is 0 Å². The molecule has 56 valence electrons. The molecule has 0 aliphatic carbocycles. The Bertz CT molecular complexity index is 96.4. The first kappa shape index (κ1) is 11.5. The van der Waals surface area contributed by atoms with Gasteiger partial charge in [-0.05, 0) is 6.92 Å². The van der Waals surface area contributed by atoms with Crippen molar-refractivity contribution in [3.8, 4) is 0 Å². The predicted molar refractivity (Wildman–Crippen MR) is 31.2 cm³/mol. The van der Waals surface area contributed by atoms with Crippen molar-refractivity contribution < 1.29 is 23.2 Å². The second kappa shape index (κ2) is 7.70. The second-order valence-corrected chi connectivity index (χ2v) is 1.55. The third kappa shape index (κ3) is 86.6. The SMILES string of the molecule is CC(=O)CO.O=S(O)O. The molecule has 3 N–H and O–H groups in total. The van der Waals surface area contributed by atoms with Crippen molar-refractivity contribution in [2.45, 2.75) is 6.92 Å². The van der Waals surface area contributed by atoms with Crippen LogP contribution in [0.1, 0.15) is 6.92 Å². The molecule has 0 fully saturated rings. The van der Waals surface area contributed by atoms with E-state index in [1.807, 2.05) is 0 Å². The summed E-state index contributed by atoms with van der Waals surface area (Å²) < 4.78 is 22.8. The smallest absolute Gasteiger partial charge is 0.299 e. The molecular weight excluding hydrogens is 148 g/mol. The number of Topliss-reactive ketones (excluding diaryl/α,β-unsaturated/α-hetero) is 1. The van der Waals surface area contributed by atoms with Gasteiger partial charge in [0.1, 0.15) is 6.61 Å². The van der Waals surface area contributed by atoms with Crippen molar-refractivity contribution >= 4 is 17.1 Å². The van der Waals surface area contributed by atoms with Gasteiger partial charge < -0.3 is 5.11 Å². The van der Waals surface area contributed by atoms with Gasteiger partial charge >= 0.3 is 0 Å². The molecular formula is C3H8O5S. The molecule has 6 heteroatoms. The summed E-state index contributed by atoms with van der Waals surface area (Å²) >= 11 is -2.61. The molecule has 0 saturated heterocycles. The van der Waals surface area contributed by atoms with Crippen molar-refractivity contribution in [1.82, 2.24) is 0 Å². The Morgan fingerprint density at radius 1 is 1.56 bits per heavy atom. The number of hydrogen-bond acceptors (Lipinski definition) is 3. The van der Waals surface area contributed by atoms with Crippen LogP contribution in [-0.4, -0.2) is 30.8 Å². The summed E-state index contributed by atoms with van der Waals surface area (Å²) in [5.74, 6) is -0.190. The van der Waals surface area contributed by atoms with Crippen molar-refractivity contribution in [3.63, 3.8) is 0 Å². The van der Waals surface area contributed by atoms with E-state index in [0.717, 1.165) is 0 Å². The zero-order valence-corrected chi connectivity index (χ0v) is 5.59. The largest absolute Gasteiger partial charge is 0.389 e. The molecule has 0 aromatic heterocycles. The molecule has 0 unspecified atom stereocenters. The number of hydrogen-bond donors (Lipinski definition) is 3. The average Bonchev–Trinajstić information content (AvgIpc) is 1.65. The minimum absolute atomic E-state index is 0.190. The summed E-state index contributed by atoms with van der Waals surface area (Å²) in [5, 5.41) is 7.79. The van der Waals surface area contributed by atoms with Crippen LogP contribution in [0.15, 0.2) is 0 Å². The van der Waals surface area contributed by atoms with E-state index in [-0.39, 0.29) is 12.4 Å². The summed E-state index contributed by atoms with van der Waals surface area (Å²) in [6.45, 7) is 1.000. The Morgan fingerprint density at radius 2 is 1.67 bits per heavy atom. The summed E-state index contributed by atoms with van der Waals surface area (Å²) in [6, 6.07) is 0. The standard InChI is InChI=1S/C3H6O2.H2O3S/c1-3(5)2-4;1-4(2)3/h4H,2H2,1H3;(H2,1,2,3). The summed E-state index contributed by atoms with van der Waals surface area (Å²) in [7, 11) is 0. The Balaban J connectivity index is 0. The van der Waals surface area contributed by atoms with E-state index < -0.39 is 11.4 Å². The Kier molecular flexibility index (Phi) is 9.83. The van der Waals surface area contributed by atoms with Crippen LogP contribution < -0.4 is 0 Å². The molecule has 0 aliphatic rings. The van der Waals surface area contributed by atoms with Crippen LogP contribution in [0.25, 0.3) is 0 Å². The van der Waals surface area contributed by atoms with Gasteiger partial charge in [-0.25, -0.2) is 0 Å². The third-order valence-corrected chi connectivity index (χ3v) is 0.223. The zero-order chi connectivity index (χ0) is 7.86. The maximum atomic E-state index is 9.56. The Labute approximate surface area is 54.8 Å². The Morgan fingerprint density at radius 3 is 1.67 bits per heavy atom. The van der Waals surface area contributed by atoms with Crippen molar-refractivity contribution in [1.29, 1.82) is 0 Å². The third-order valence-electron chi connectivity index (χ3n) is 0.223. The number of aliphatic hydroxyl groups is 1. The molecule has 0 radical (unpaired) electrons. The van der Waals surface area contributed by atoms with Crippen molar-refractivity contribution in [2.75, 3.05) is 6.61 Å². The fourth-order valence-electron chi connectivity index (χ4n) is 0. The average molecular weight is 156 g/mol. The highest BCUT2D eigenvalue weighted by Crippen LogP contribution is 1.55. The van der Waals surface area contributed by atoms with Crippen LogP contribution in [0.5, 0.6) is 0 Å². The minimum atomic E-state index is -2.61. The highest BCUT2D eigenvalue weighted by atomic mass is 32.2. The van der Waals surface area contributed by atoms with Gasteiger partial charge in [0.05, 0.1) is 0 Å². The van der Waals surface area contributed by atoms with Crippen molar-refractivity contribution in [3.05, 3.63) is 0 Å². The fraction of sp³-hybridized carbons (Fsp3) is 0.667. The van der Waals surface area contributed by atoms with Gasteiger partial charge in [-0.15, -0.1) is 0 Å². The Hall–Kier alpha value is -0.300. The molecule has 9 heavy (non-hydrogen) atoms. The molecule has 0 aromatic carbocycles. The van der Waals surface area contributed by atoms with Gasteiger partial charge in [-0.1, -0.05) is 0 Å². The minimum Gasteiger partial charge on any atom is -0.389 e. The fourth-order valence-corrected chi connectivity index (χ4v) is 0. The number of rotatable bonds is 1. The normalized spacial score (nSPS) is 8.11. The molecule has 0 aromatic rings. The molecule has 0 heterocycles. The lowest BCUT2D eigenvalue weighted by molar-refractivity contribution is -0.119. The molecule has 0 spiro atoms. The van der Waals surface area contributed by atoms with E-state index in [1.165, 1.54) is 6.92 Å². The lowest BCUT2D eigenvalue weighted by Gasteiger charge is -1.72. The molecule has 0 saturated carbocycles. The van der Waals surface area contributed by atoms with E-state index >= 15 is 0 Å². The number of carbonyl (C=O) groups excluding carboxylic acids is 1. The van der Waals surface area contributed by atoms with Crippen LogP contribution >= 0.6 is 0 Å².